The highest BCUT2D eigenvalue weighted by molar-refractivity contribution is 7.29. The van der Waals surface area contributed by atoms with Crippen LogP contribution >= 0.6 is 45.3 Å². The number of rotatable bonds is 2. The zero-order valence-electron chi connectivity index (χ0n) is 30.3. The molecular weight excluding hydrogens is 764 g/mol. The topological polar surface area (TPSA) is 40.5 Å². The largest absolute Gasteiger partial charge is 0.489 e. The zero-order chi connectivity index (χ0) is 37.2. The molecule has 55 heavy (non-hydrogen) atoms. The van der Waals surface area contributed by atoms with Crippen molar-refractivity contribution in [2.45, 2.75) is 19.6 Å². The number of hydrogen-bond donors (Lipinski definition) is 2. The monoisotopic (exact) mass is 796 g/mol. The van der Waals surface area contributed by atoms with E-state index in [2.05, 4.69) is 135 Å². The molecule has 2 N–H and O–H groups in total. The minimum atomic E-state index is -1.49. The molecule has 0 amide bonds. The van der Waals surface area contributed by atoms with Gasteiger partial charge in [-0.1, -0.05) is 117 Å². The van der Waals surface area contributed by atoms with Gasteiger partial charge in [-0.05, 0) is 52.4 Å². The summed E-state index contributed by atoms with van der Waals surface area (Å²) in [5.74, 6) is 0. The van der Waals surface area contributed by atoms with Gasteiger partial charge in [-0.15, -0.1) is 45.3 Å². The van der Waals surface area contributed by atoms with E-state index in [4.69, 9.17) is 0 Å². The Labute approximate surface area is 334 Å². The predicted molar refractivity (Wildman–Crippen MR) is 252 cm³/mol. The maximum atomic E-state index is 10.0. The van der Waals surface area contributed by atoms with Gasteiger partial charge in [0, 0.05) is 96.9 Å². The summed E-state index contributed by atoms with van der Waals surface area (Å²) in [6, 6.07) is 48.0. The molecule has 12 rings (SSSR count). The fourth-order valence-corrected chi connectivity index (χ4v) is 15.7. The van der Waals surface area contributed by atoms with Crippen LogP contribution < -0.4 is 10.6 Å². The minimum Gasteiger partial charge on any atom is -0.423 e. The molecule has 0 radical (unpaired) electrons. The summed E-state index contributed by atoms with van der Waals surface area (Å²) < 4.78 is 10.4. The van der Waals surface area contributed by atoms with E-state index >= 15 is 0 Å². The summed E-state index contributed by atoms with van der Waals surface area (Å²) in [5, 5.41) is 37.3. The van der Waals surface area contributed by atoms with E-state index < -0.39 is 15.2 Å². The van der Waals surface area contributed by atoms with Crippen LogP contribution in [0.25, 0.3) is 102 Å². The molecule has 0 fully saturated rings. The predicted octanol–water partition coefficient (Wildman–Crippen LogP) is 13.4. The van der Waals surface area contributed by atoms with Crippen LogP contribution in [-0.2, 0) is 0 Å². The highest BCUT2D eigenvalue weighted by Gasteiger charge is 2.25. The van der Waals surface area contributed by atoms with Crippen LogP contribution in [0.15, 0.2) is 133 Å². The molecule has 8 heteroatoms. The molecular formula is C47H33BO2S4Si. The summed E-state index contributed by atoms with van der Waals surface area (Å²) in [4.78, 5) is 0. The third kappa shape index (κ3) is 5.10. The molecule has 8 aromatic carbocycles. The number of benzene rings is 8. The van der Waals surface area contributed by atoms with Crippen LogP contribution in [0.3, 0.4) is 0 Å². The van der Waals surface area contributed by atoms with Gasteiger partial charge in [-0.3, -0.25) is 0 Å². The van der Waals surface area contributed by atoms with Gasteiger partial charge in [-0.2, -0.15) is 0 Å². The average molecular weight is 797 g/mol. The lowest BCUT2D eigenvalue weighted by molar-refractivity contribution is 0.426. The minimum absolute atomic E-state index is 0.581. The van der Waals surface area contributed by atoms with Gasteiger partial charge in [0.25, 0.3) is 0 Å². The van der Waals surface area contributed by atoms with E-state index in [0.717, 1.165) is 15.5 Å². The lowest BCUT2D eigenvalue weighted by Gasteiger charge is -2.19. The summed E-state index contributed by atoms with van der Waals surface area (Å²) in [6.45, 7) is 7.41. The van der Waals surface area contributed by atoms with Crippen molar-refractivity contribution < 1.29 is 10.0 Å². The van der Waals surface area contributed by atoms with Gasteiger partial charge in [0.2, 0.25) is 0 Å². The molecule has 0 aliphatic carbocycles. The van der Waals surface area contributed by atoms with Crippen molar-refractivity contribution in [1.82, 2.24) is 0 Å². The van der Waals surface area contributed by atoms with Crippen LogP contribution in [0.4, 0.5) is 0 Å². The Morgan fingerprint density at radius 1 is 0.400 bits per heavy atom. The van der Waals surface area contributed by atoms with Crippen molar-refractivity contribution in [3.63, 3.8) is 0 Å². The Bertz CT molecular complexity index is 3530. The lowest BCUT2D eigenvalue weighted by atomic mass is 9.78. The normalized spacial score (nSPS) is 12.5. The van der Waals surface area contributed by atoms with Crippen LogP contribution in [-0.4, -0.2) is 25.2 Å². The van der Waals surface area contributed by atoms with E-state index in [1.807, 2.05) is 52.2 Å². The number of fused-ring (bicyclic) bond motifs is 18. The van der Waals surface area contributed by atoms with Gasteiger partial charge in [-0.25, -0.2) is 0 Å². The average Bonchev–Trinajstić information content (AvgIpc) is 3.96. The molecule has 0 aliphatic heterocycles. The molecule has 0 aliphatic rings. The molecule has 0 spiro atoms. The Kier molecular flexibility index (Phi) is 7.61. The Morgan fingerprint density at radius 3 is 1.27 bits per heavy atom. The second-order valence-electron chi connectivity index (χ2n) is 15.4. The molecule has 0 saturated carbocycles. The molecule has 0 saturated heterocycles. The first-order chi connectivity index (χ1) is 26.7. The summed E-state index contributed by atoms with van der Waals surface area (Å²) >= 11 is 7.34. The van der Waals surface area contributed by atoms with Gasteiger partial charge in [0.15, 0.2) is 0 Å². The number of hydrogen-bond acceptors (Lipinski definition) is 6. The van der Waals surface area contributed by atoms with E-state index in [9.17, 15) is 10.0 Å². The third-order valence-electron chi connectivity index (χ3n) is 11.0. The van der Waals surface area contributed by atoms with Gasteiger partial charge in [0.05, 0.1) is 8.07 Å². The molecule has 264 valence electrons. The summed E-state index contributed by atoms with van der Waals surface area (Å²) in [7, 11) is -2.96. The van der Waals surface area contributed by atoms with Crippen molar-refractivity contribution >= 4 is 173 Å². The first-order valence-corrected chi connectivity index (χ1v) is 25.2. The highest BCUT2D eigenvalue weighted by Crippen LogP contribution is 2.46. The third-order valence-corrected chi connectivity index (χ3v) is 17.9. The van der Waals surface area contributed by atoms with Crippen molar-refractivity contribution in [3.8, 4) is 0 Å². The number of thiophene rings is 4. The van der Waals surface area contributed by atoms with Crippen molar-refractivity contribution in [1.29, 1.82) is 0 Å². The summed E-state index contributed by atoms with van der Waals surface area (Å²) in [5.41, 5.74) is 0.581. The van der Waals surface area contributed by atoms with Gasteiger partial charge in [0.1, 0.15) is 0 Å². The Hall–Kier alpha value is -4.64. The molecule has 2 nitrogen and oxygen atoms in total. The van der Waals surface area contributed by atoms with Crippen molar-refractivity contribution in [2.75, 3.05) is 0 Å². The standard InChI is InChI=1S/C25H20S2Si.C22H13BO2S2/c1-28(2,3)21-14-15-12-13-20-23(16-8-4-6-10-18(16)26-20)22(15)24-17-9-5-7-11-19(17)27-25(21)24;24-23(25)15-11-12-9-10-18-20(13-5-1-3-7-16(13)26-18)19(12)21-14-6-2-4-8-17(14)27-22(15)21/h4-14H,1-3H3;1-11,24-25H. The molecule has 4 heterocycles. The van der Waals surface area contributed by atoms with Gasteiger partial charge < -0.3 is 10.0 Å². The van der Waals surface area contributed by atoms with E-state index in [-0.39, 0.29) is 0 Å². The Morgan fingerprint density at radius 2 is 0.800 bits per heavy atom. The van der Waals surface area contributed by atoms with Crippen LogP contribution in [0, 0.1) is 0 Å². The van der Waals surface area contributed by atoms with E-state index in [1.165, 1.54) is 86.8 Å². The zero-order valence-corrected chi connectivity index (χ0v) is 34.6. The fourth-order valence-electron chi connectivity index (χ4n) is 8.63. The Balaban J connectivity index is 0.000000128. The first-order valence-electron chi connectivity index (χ1n) is 18.5. The second kappa shape index (κ2) is 12.4. The van der Waals surface area contributed by atoms with E-state index in [1.54, 1.807) is 16.5 Å². The summed E-state index contributed by atoms with van der Waals surface area (Å²) in [6.07, 6.45) is 0. The lowest BCUT2D eigenvalue weighted by Crippen LogP contribution is -2.37. The molecule has 0 bridgehead atoms. The SMILES string of the molecule is C[Si](C)(C)c1cc2ccc3sc4ccccc4c3c2c2c1sc1ccccc12.OB(O)c1cc2ccc3sc4ccccc4c3c2c2c1sc1ccccc12. The first kappa shape index (κ1) is 33.7. The quantitative estimate of drug-likeness (QED) is 0.171. The van der Waals surface area contributed by atoms with Crippen LogP contribution in [0.2, 0.25) is 19.6 Å². The highest BCUT2D eigenvalue weighted by atomic mass is 32.1. The maximum absolute atomic E-state index is 10.0. The van der Waals surface area contributed by atoms with Gasteiger partial charge >= 0.3 is 7.12 Å². The maximum Gasteiger partial charge on any atom is 0.489 e. The van der Waals surface area contributed by atoms with Crippen LogP contribution in [0.1, 0.15) is 0 Å². The smallest absolute Gasteiger partial charge is 0.423 e. The van der Waals surface area contributed by atoms with Crippen LogP contribution in [0.5, 0.6) is 0 Å². The fraction of sp³-hybridized carbons (Fsp3) is 0.0638. The molecule has 12 aromatic rings. The van der Waals surface area contributed by atoms with Crippen molar-refractivity contribution in [2.24, 2.45) is 0 Å². The van der Waals surface area contributed by atoms with E-state index in [0.29, 0.717) is 5.46 Å². The second-order valence-corrected chi connectivity index (χ2v) is 24.7. The van der Waals surface area contributed by atoms with Crippen molar-refractivity contribution in [3.05, 3.63) is 133 Å². The molecule has 0 unspecified atom stereocenters. The molecule has 0 atom stereocenters. The molecule has 4 aromatic heterocycles.